The molecule has 0 fully saturated rings. The SMILES string of the molecule is CC(C)CNS(=O)(=O)c1ccc(CNC(C)(C)C)o1. The Morgan fingerprint density at radius 1 is 1.26 bits per heavy atom. The summed E-state index contributed by atoms with van der Waals surface area (Å²) < 4.78 is 31.7. The van der Waals surface area contributed by atoms with Crippen LogP contribution in [0.4, 0.5) is 0 Å². The zero-order valence-electron chi connectivity index (χ0n) is 12.3. The maximum Gasteiger partial charge on any atom is 0.273 e. The smallest absolute Gasteiger partial charge is 0.273 e. The number of hydrogen-bond acceptors (Lipinski definition) is 4. The van der Waals surface area contributed by atoms with Crippen LogP contribution >= 0.6 is 0 Å². The van der Waals surface area contributed by atoms with Crippen molar-refractivity contribution in [3.63, 3.8) is 0 Å². The van der Waals surface area contributed by atoms with E-state index in [2.05, 4.69) is 10.0 Å². The molecule has 0 aromatic carbocycles. The van der Waals surface area contributed by atoms with E-state index in [1.54, 1.807) is 6.07 Å². The maximum atomic E-state index is 11.9. The molecule has 0 atom stereocenters. The van der Waals surface area contributed by atoms with Gasteiger partial charge < -0.3 is 9.73 Å². The van der Waals surface area contributed by atoms with Gasteiger partial charge in [0.2, 0.25) is 5.09 Å². The van der Waals surface area contributed by atoms with Gasteiger partial charge in [0.15, 0.2) is 0 Å². The Labute approximate surface area is 115 Å². The minimum absolute atomic E-state index is 0.0288. The fraction of sp³-hybridized carbons (Fsp3) is 0.692. The van der Waals surface area contributed by atoms with Crippen LogP contribution in [0.3, 0.4) is 0 Å². The van der Waals surface area contributed by atoms with Crippen LogP contribution in [0.5, 0.6) is 0 Å². The number of hydrogen-bond donors (Lipinski definition) is 2. The summed E-state index contributed by atoms with van der Waals surface area (Å²) in [4.78, 5) is 0. The van der Waals surface area contributed by atoms with Crippen molar-refractivity contribution < 1.29 is 12.8 Å². The molecule has 110 valence electrons. The molecule has 0 aliphatic rings. The molecular weight excluding hydrogens is 264 g/mol. The molecule has 1 heterocycles. The number of nitrogens with one attached hydrogen (secondary N) is 2. The molecule has 0 spiro atoms. The molecule has 6 heteroatoms. The summed E-state index contributed by atoms with van der Waals surface area (Å²) in [5, 5.41) is 3.22. The van der Waals surface area contributed by atoms with Crippen LogP contribution in [0.2, 0.25) is 0 Å². The van der Waals surface area contributed by atoms with Crippen LogP contribution in [0.1, 0.15) is 40.4 Å². The average molecular weight is 288 g/mol. The molecule has 0 saturated heterocycles. The highest BCUT2D eigenvalue weighted by molar-refractivity contribution is 7.89. The third-order valence-corrected chi connectivity index (χ3v) is 3.67. The summed E-state index contributed by atoms with van der Waals surface area (Å²) in [6.45, 7) is 10.9. The highest BCUT2D eigenvalue weighted by Gasteiger charge is 2.19. The topological polar surface area (TPSA) is 71.3 Å². The second-order valence-corrected chi connectivity index (χ2v) is 7.77. The lowest BCUT2D eigenvalue weighted by Gasteiger charge is -2.19. The van der Waals surface area contributed by atoms with Gasteiger partial charge in [0.1, 0.15) is 5.76 Å². The number of rotatable bonds is 6. The molecule has 1 aromatic heterocycles. The second-order valence-electron chi connectivity index (χ2n) is 6.07. The van der Waals surface area contributed by atoms with Gasteiger partial charge in [-0.2, -0.15) is 0 Å². The third-order valence-electron chi connectivity index (χ3n) is 2.38. The van der Waals surface area contributed by atoms with Crippen molar-refractivity contribution in [2.24, 2.45) is 5.92 Å². The molecule has 1 rings (SSSR count). The van der Waals surface area contributed by atoms with E-state index in [1.807, 2.05) is 34.6 Å². The van der Waals surface area contributed by atoms with Gasteiger partial charge in [-0.05, 0) is 38.8 Å². The molecule has 5 nitrogen and oxygen atoms in total. The monoisotopic (exact) mass is 288 g/mol. The van der Waals surface area contributed by atoms with Crippen LogP contribution in [0.15, 0.2) is 21.6 Å². The molecular formula is C13H24N2O3S. The predicted molar refractivity (Wildman–Crippen MR) is 75.3 cm³/mol. The lowest BCUT2D eigenvalue weighted by atomic mass is 10.1. The van der Waals surface area contributed by atoms with Crippen LogP contribution < -0.4 is 10.0 Å². The Morgan fingerprint density at radius 2 is 1.89 bits per heavy atom. The van der Waals surface area contributed by atoms with Crippen LogP contribution in [0, 0.1) is 5.92 Å². The standard InChI is InChI=1S/C13H24N2O3S/c1-10(2)8-15-19(16,17)12-7-6-11(18-12)9-14-13(3,4)5/h6-7,10,14-15H,8-9H2,1-5H3. The van der Waals surface area contributed by atoms with Crippen LogP contribution in [0.25, 0.3) is 0 Å². The Hall–Kier alpha value is -0.850. The quantitative estimate of drug-likeness (QED) is 0.841. The molecule has 0 aliphatic carbocycles. The molecule has 0 amide bonds. The van der Waals surface area contributed by atoms with Crippen molar-refractivity contribution in [2.75, 3.05) is 6.54 Å². The summed E-state index contributed by atoms with van der Waals surface area (Å²) in [6.07, 6.45) is 0. The zero-order valence-corrected chi connectivity index (χ0v) is 13.1. The second kappa shape index (κ2) is 6.07. The Kier molecular flexibility index (Phi) is 5.18. The predicted octanol–water partition coefficient (Wildman–Crippen LogP) is 2.10. The summed E-state index contributed by atoms with van der Waals surface area (Å²) in [7, 11) is -3.53. The number of furan rings is 1. The van der Waals surface area contributed by atoms with Gasteiger partial charge in [-0.25, -0.2) is 13.1 Å². The molecule has 0 saturated carbocycles. The van der Waals surface area contributed by atoms with Crippen molar-refractivity contribution in [3.05, 3.63) is 17.9 Å². The first-order valence-corrected chi connectivity index (χ1v) is 7.92. The lowest BCUT2D eigenvalue weighted by Crippen LogP contribution is -2.34. The van der Waals surface area contributed by atoms with Crippen molar-refractivity contribution >= 4 is 10.0 Å². The average Bonchev–Trinajstić information content (AvgIpc) is 2.72. The van der Waals surface area contributed by atoms with Crippen LogP contribution in [-0.2, 0) is 16.6 Å². The molecule has 0 radical (unpaired) electrons. The van der Waals surface area contributed by atoms with E-state index in [4.69, 9.17) is 4.42 Å². The first-order chi connectivity index (χ1) is 8.60. The fourth-order valence-electron chi connectivity index (χ4n) is 1.30. The van der Waals surface area contributed by atoms with E-state index in [0.717, 1.165) is 0 Å². The molecule has 1 aromatic rings. The van der Waals surface area contributed by atoms with Gasteiger partial charge in [0, 0.05) is 12.1 Å². The Bertz CT molecular complexity index is 498. The van der Waals surface area contributed by atoms with Crippen LogP contribution in [-0.4, -0.2) is 20.5 Å². The normalized spacial score (nSPS) is 13.2. The van der Waals surface area contributed by atoms with E-state index < -0.39 is 10.0 Å². The van der Waals surface area contributed by atoms with Crippen molar-refractivity contribution in [1.82, 2.24) is 10.0 Å². The highest BCUT2D eigenvalue weighted by Crippen LogP contribution is 2.14. The van der Waals surface area contributed by atoms with Gasteiger partial charge in [0.05, 0.1) is 6.54 Å². The molecule has 19 heavy (non-hydrogen) atoms. The molecule has 0 unspecified atom stereocenters. The third kappa shape index (κ3) is 5.76. The Morgan fingerprint density at radius 3 is 2.42 bits per heavy atom. The summed E-state index contributed by atoms with van der Waals surface area (Å²) >= 11 is 0. The maximum absolute atomic E-state index is 11.9. The summed E-state index contributed by atoms with van der Waals surface area (Å²) in [5.41, 5.74) is -0.0400. The molecule has 0 aliphatic heterocycles. The summed E-state index contributed by atoms with van der Waals surface area (Å²) in [5.74, 6) is 0.867. The van der Waals surface area contributed by atoms with Crippen molar-refractivity contribution in [3.8, 4) is 0 Å². The highest BCUT2D eigenvalue weighted by atomic mass is 32.2. The minimum atomic E-state index is -3.53. The van der Waals surface area contributed by atoms with Gasteiger partial charge in [-0.15, -0.1) is 0 Å². The molecule has 2 N–H and O–H groups in total. The zero-order chi connectivity index (χ0) is 14.7. The minimum Gasteiger partial charge on any atom is -0.447 e. The van der Waals surface area contributed by atoms with E-state index in [-0.39, 0.29) is 16.5 Å². The van der Waals surface area contributed by atoms with Crippen molar-refractivity contribution in [1.29, 1.82) is 0 Å². The van der Waals surface area contributed by atoms with Gasteiger partial charge in [-0.3, -0.25) is 0 Å². The van der Waals surface area contributed by atoms with E-state index in [1.165, 1.54) is 6.07 Å². The number of sulfonamides is 1. The molecule has 0 bridgehead atoms. The summed E-state index contributed by atoms with van der Waals surface area (Å²) in [6, 6.07) is 3.17. The van der Waals surface area contributed by atoms with E-state index >= 15 is 0 Å². The largest absolute Gasteiger partial charge is 0.447 e. The van der Waals surface area contributed by atoms with Gasteiger partial charge in [0.25, 0.3) is 10.0 Å². The first-order valence-electron chi connectivity index (χ1n) is 6.43. The van der Waals surface area contributed by atoms with Gasteiger partial charge >= 0.3 is 0 Å². The first kappa shape index (κ1) is 16.2. The Balaban J connectivity index is 2.68. The van der Waals surface area contributed by atoms with Gasteiger partial charge in [-0.1, -0.05) is 13.8 Å². The van der Waals surface area contributed by atoms with E-state index in [9.17, 15) is 8.42 Å². The fourth-order valence-corrected chi connectivity index (χ4v) is 2.46. The lowest BCUT2D eigenvalue weighted by molar-refractivity contribution is 0.359. The van der Waals surface area contributed by atoms with Crippen molar-refractivity contribution in [2.45, 2.75) is 51.8 Å². The van der Waals surface area contributed by atoms with E-state index in [0.29, 0.717) is 18.8 Å².